The van der Waals surface area contributed by atoms with Crippen molar-refractivity contribution in [2.75, 3.05) is 7.11 Å². The lowest BCUT2D eigenvalue weighted by atomic mass is 10.1. The molecule has 0 aliphatic rings. The molecule has 0 heterocycles. The van der Waals surface area contributed by atoms with Crippen LogP contribution in [0.5, 0.6) is 5.75 Å². The predicted octanol–water partition coefficient (Wildman–Crippen LogP) is 3.01. The van der Waals surface area contributed by atoms with Crippen LogP contribution in [0, 0.1) is 0 Å². The number of ether oxygens (including phenoxy) is 1. The third-order valence-electron chi connectivity index (χ3n) is 2.18. The molecule has 0 saturated heterocycles. The Kier molecular flexibility index (Phi) is 4.31. The van der Waals surface area contributed by atoms with Crippen molar-refractivity contribution in [2.45, 2.75) is 6.92 Å². The molecule has 0 aromatic heterocycles. The summed E-state index contributed by atoms with van der Waals surface area (Å²) in [5.74, 6) is 0.719. The molecule has 82 valence electrons. The largest absolute Gasteiger partial charge is 0.497 e. The van der Waals surface area contributed by atoms with Gasteiger partial charge in [-0.15, -0.1) is 5.73 Å². The van der Waals surface area contributed by atoms with Crippen molar-refractivity contribution in [1.82, 2.24) is 0 Å². The quantitative estimate of drug-likeness (QED) is 0.569. The van der Waals surface area contributed by atoms with E-state index in [-0.39, 0.29) is 5.78 Å². The number of carbonyl (C=O) groups is 1. The van der Waals surface area contributed by atoms with Crippen molar-refractivity contribution in [3.63, 3.8) is 0 Å². The van der Waals surface area contributed by atoms with Crippen molar-refractivity contribution in [3.8, 4) is 5.75 Å². The summed E-state index contributed by atoms with van der Waals surface area (Å²) in [4.78, 5) is 11.4. The molecule has 0 aliphatic carbocycles. The smallest absolute Gasteiger partial charge is 0.189 e. The Labute approximate surface area is 95.6 Å². The summed E-state index contributed by atoms with van der Waals surface area (Å²) in [7, 11) is 1.62. The van der Waals surface area contributed by atoms with Crippen LogP contribution in [0.2, 0.25) is 0 Å². The van der Waals surface area contributed by atoms with Crippen LogP contribution in [-0.2, 0) is 4.79 Å². The van der Waals surface area contributed by atoms with Crippen LogP contribution in [0.4, 0.5) is 0 Å². The minimum absolute atomic E-state index is 0.0779. The fourth-order valence-electron chi connectivity index (χ4n) is 1.10. The average Bonchev–Trinajstić information content (AvgIpc) is 2.35. The van der Waals surface area contributed by atoms with Gasteiger partial charge >= 0.3 is 0 Å². The average molecular weight is 214 g/mol. The molecule has 2 heteroatoms. The molecule has 0 unspecified atom stereocenters. The van der Waals surface area contributed by atoms with E-state index in [1.165, 1.54) is 6.08 Å². The van der Waals surface area contributed by atoms with E-state index >= 15 is 0 Å². The van der Waals surface area contributed by atoms with Gasteiger partial charge in [-0.05, 0) is 30.7 Å². The van der Waals surface area contributed by atoms with E-state index in [9.17, 15) is 4.79 Å². The van der Waals surface area contributed by atoms with Gasteiger partial charge in [0.25, 0.3) is 0 Å². The van der Waals surface area contributed by atoms with Crippen molar-refractivity contribution in [1.29, 1.82) is 0 Å². The Morgan fingerprint density at radius 1 is 1.38 bits per heavy atom. The van der Waals surface area contributed by atoms with Crippen LogP contribution in [0.3, 0.4) is 0 Å². The van der Waals surface area contributed by atoms with Gasteiger partial charge in [0, 0.05) is 5.57 Å². The maximum absolute atomic E-state index is 11.4. The molecule has 0 aliphatic heterocycles. The Morgan fingerprint density at radius 3 is 2.50 bits per heavy atom. The van der Waals surface area contributed by atoms with E-state index in [2.05, 4.69) is 12.3 Å². The van der Waals surface area contributed by atoms with Crippen LogP contribution in [0.1, 0.15) is 12.5 Å². The second kappa shape index (κ2) is 5.74. The first-order valence-electron chi connectivity index (χ1n) is 4.90. The zero-order valence-electron chi connectivity index (χ0n) is 9.49. The standard InChI is InChI=1S/C14H14O2/c1-4-11(2)14(15)10-7-12-5-8-13(16-3)9-6-12/h5-10H,1H2,2-3H3/b10-7+. The maximum atomic E-state index is 11.4. The fraction of sp³-hybridized carbons (Fsp3) is 0.143. The highest BCUT2D eigenvalue weighted by Gasteiger charge is 1.97. The number of hydrogen-bond acceptors (Lipinski definition) is 2. The van der Waals surface area contributed by atoms with Crippen molar-refractivity contribution < 1.29 is 9.53 Å². The van der Waals surface area contributed by atoms with Crippen LogP contribution >= 0.6 is 0 Å². The molecule has 0 atom stereocenters. The van der Waals surface area contributed by atoms with Gasteiger partial charge in [-0.3, -0.25) is 4.79 Å². The summed E-state index contributed by atoms with van der Waals surface area (Å²) in [5, 5.41) is 0. The molecule has 0 amide bonds. The molecular formula is C14H14O2. The van der Waals surface area contributed by atoms with Gasteiger partial charge in [-0.2, -0.15) is 0 Å². The van der Waals surface area contributed by atoms with Gasteiger partial charge < -0.3 is 4.74 Å². The lowest BCUT2D eigenvalue weighted by molar-refractivity contribution is -0.111. The van der Waals surface area contributed by atoms with Crippen molar-refractivity contribution >= 4 is 11.9 Å². The molecule has 0 saturated carbocycles. The molecule has 0 bridgehead atoms. The van der Waals surface area contributed by atoms with Gasteiger partial charge in [0.1, 0.15) is 5.75 Å². The lowest BCUT2D eigenvalue weighted by Crippen LogP contribution is -1.91. The molecule has 0 radical (unpaired) electrons. The summed E-state index contributed by atoms with van der Waals surface area (Å²) in [5.41, 5.74) is 4.03. The minimum atomic E-state index is -0.0779. The van der Waals surface area contributed by atoms with Crippen LogP contribution < -0.4 is 4.74 Å². The number of ketones is 1. The lowest BCUT2D eigenvalue weighted by Gasteiger charge is -1.98. The van der Waals surface area contributed by atoms with Crippen LogP contribution in [0.25, 0.3) is 6.08 Å². The normalized spacial score (nSPS) is 9.88. The predicted molar refractivity (Wildman–Crippen MR) is 65.4 cm³/mol. The highest BCUT2D eigenvalue weighted by atomic mass is 16.5. The molecule has 0 N–H and O–H groups in total. The Morgan fingerprint density at radius 2 is 2.00 bits per heavy atom. The van der Waals surface area contributed by atoms with E-state index in [0.717, 1.165) is 11.3 Å². The Bertz CT molecular complexity index is 446. The first-order chi connectivity index (χ1) is 7.67. The van der Waals surface area contributed by atoms with Gasteiger partial charge in [-0.25, -0.2) is 0 Å². The van der Waals surface area contributed by atoms with Crippen LogP contribution in [0.15, 0.2) is 48.2 Å². The summed E-state index contributed by atoms with van der Waals surface area (Å²) >= 11 is 0. The van der Waals surface area contributed by atoms with E-state index in [1.54, 1.807) is 20.1 Å². The molecule has 0 spiro atoms. The molecule has 2 nitrogen and oxygen atoms in total. The number of carbonyl (C=O) groups excluding carboxylic acids is 1. The monoisotopic (exact) mass is 214 g/mol. The van der Waals surface area contributed by atoms with Crippen molar-refractivity contribution in [2.24, 2.45) is 0 Å². The second-order valence-corrected chi connectivity index (χ2v) is 3.27. The summed E-state index contributed by atoms with van der Waals surface area (Å²) < 4.78 is 5.04. The highest BCUT2D eigenvalue weighted by molar-refractivity contribution is 6.05. The van der Waals surface area contributed by atoms with E-state index in [0.29, 0.717) is 5.57 Å². The number of benzene rings is 1. The SMILES string of the molecule is C=C=C(C)C(=O)/C=C/c1ccc(OC)cc1. The molecule has 1 rings (SSSR count). The molecule has 16 heavy (non-hydrogen) atoms. The topological polar surface area (TPSA) is 26.3 Å². The van der Waals surface area contributed by atoms with Gasteiger partial charge in [0.15, 0.2) is 5.78 Å². The first kappa shape index (κ1) is 12.0. The summed E-state index contributed by atoms with van der Waals surface area (Å²) in [6.07, 6.45) is 3.26. The number of rotatable bonds is 4. The van der Waals surface area contributed by atoms with E-state index in [1.807, 2.05) is 24.3 Å². The second-order valence-electron chi connectivity index (χ2n) is 3.27. The minimum Gasteiger partial charge on any atom is -0.497 e. The van der Waals surface area contributed by atoms with Gasteiger partial charge in [0.05, 0.1) is 7.11 Å². The number of allylic oxidation sites excluding steroid dienone is 2. The zero-order valence-corrected chi connectivity index (χ0v) is 9.49. The molecule has 0 fully saturated rings. The molecule has 1 aromatic rings. The number of hydrogen-bond donors (Lipinski definition) is 0. The van der Waals surface area contributed by atoms with Crippen LogP contribution in [-0.4, -0.2) is 12.9 Å². The molecule has 1 aromatic carbocycles. The first-order valence-corrected chi connectivity index (χ1v) is 4.90. The van der Waals surface area contributed by atoms with Gasteiger partial charge in [-0.1, -0.05) is 24.8 Å². The Hall–Kier alpha value is -2.05. The van der Waals surface area contributed by atoms with E-state index in [4.69, 9.17) is 4.74 Å². The fourth-order valence-corrected chi connectivity index (χ4v) is 1.10. The van der Waals surface area contributed by atoms with Crippen molar-refractivity contribution in [3.05, 3.63) is 53.8 Å². The highest BCUT2D eigenvalue weighted by Crippen LogP contribution is 2.12. The third-order valence-corrected chi connectivity index (χ3v) is 2.18. The summed E-state index contributed by atoms with van der Waals surface area (Å²) in [6, 6.07) is 7.46. The maximum Gasteiger partial charge on any atom is 0.189 e. The van der Waals surface area contributed by atoms with Gasteiger partial charge in [0.2, 0.25) is 0 Å². The number of methoxy groups -OCH3 is 1. The van der Waals surface area contributed by atoms with E-state index < -0.39 is 0 Å². The summed E-state index contributed by atoms with van der Waals surface area (Å²) in [6.45, 7) is 5.11. The zero-order chi connectivity index (χ0) is 12.0. The molecular weight excluding hydrogens is 200 g/mol. The Balaban J connectivity index is 2.77. The third kappa shape index (κ3) is 3.26.